The Bertz CT molecular complexity index is 628. The van der Waals surface area contributed by atoms with E-state index >= 15 is 0 Å². The fourth-order valence-electron chi connectivity index (χ4n) is 3.37. The molecule has 1 aliphatic heterocycles. The monoisotopic (exact) mass is 308 g/mol. The Balaban J connectivity index is 1.75. The van der Waals surface area contributed by atoms with Crippen LogP contribution >= 0.6 is 0 Å². The largest absolute Gasteiger partial charge is 0.368 e. The smallest absolute Gasteiger partial charge is 0.0498 e. The van der Waals surface area contributed by atoms with E-state index in [0.29, 0.717) is 11.5 Å². The Hall–Kier alpha value is -1.80. The second kappa shape index (κ2) is 6.76. The van der Waals surface area contributed by atoms with Crippen LogP contribution in [-0.2, 0) is 6.42 Å². The number of nitrogens with one attached hydrogen (secondary N) is 1. The van der Waals surface area contributed by atoms with Gasteiger partial charge in [-0.25, -0.2) is 0 Å². The standard InChI is InChI=1S/C21H28N2/c1-21(2,3)15-17-8-7-11-19(14-17)23-13-12-22-20(16-23)18-9-5-4-6-10-18/h4-11,14,20,22H,12-13,15-16H2,1-3H3. The lowest BCUT2D eigenvalue weighted by Gasteiger charge is -2.36. The van der Waals surface area contributed by atoms with Gasteiger partial charge in [-0.15, -0.1) is 0 Å². The third-order valence-electron chi connectivity index (χ3n) is 4.39. The van der Waals surface area contributed by atoms with Gasteiger partial charge in [-0.05, 0) is 35.1 Å². The topological polar surface area (TPSA) is 15.3 Å². The molecule has 1 heterocycles. The molecule has 0 aliphatic carbocycles. The molecule has 1 N–H and O–H groups in total. The molecule has 0 radical (unpaired) electrons. The average molecular weight is 308 g/mol. The van der Waals surface area contributed by atoms with Crippen LogP contribution in [0, 0.1) is 5.41 Å². The summed E-state index contributed by atoms with van der Waals surface area (Å²) in [5.74, 6) is 0. The van der Waals surface area contributed by atoms with E-state index in [4.69, 9.17) is 0 Å². The van der Waals surface area contributed by atoms with E-state index in [1.165, 1.54) is 16.8 Å². The summed E-state index contributed by atoms with van der Waals surface area (Å²) in [6.07, 6.45) is 1.12. The normalized spacial score (nSPS) is 18.9. The van der Waals surface area contributed by atoms with Crippen LogP contribution in [0.25, 0.3) is 0 Å². The zero-order chi connectivity index (χ0) is 16.3. The molecule has 2 nitrogen and oxygen atoms in total. The lowest BCUT2D eigenvalue weighted by Crippen LogP contribution is -2.45. The fraction of sp³-hybridized carbons (Fsp3) is 0.429. The molecule has 0 saturated carbocycles. The molecular formula is C21H28N2. The summed E-state index contributed by atoms with van der Waals surface area (Å²) in [7, 11) is 0. The van der Waals surface area contributed by atoms with E-state index in [9.17, 15) is 0 Å². The van der Waals surface area contributed by atoms with Crippen molar-refractivity contribution >= 4 is 5.69 Å². The van der Waals surface area contributed by atoms with E-state index in [2.05, 4.69) is 85.6 Å². The molecule has 1 atom stereocenters. The molecular weight excluding hydrogens is 280 g/mol. The van der Waals surface area contributed by atoms with Gasteiger partial charge in [0.1, 0.15) is 0 Å². The molecule has 1 saturated heterocycles. The van der Waals surface area contributed by atoms with Crippen LogP contribution in [0.5, 0.6) is 0 Å². The van der Waals surface area contributed by atoms with Gasteiger partial charge < -0.3 is 10.2 Å². The third kappa shape index (κ3) is 4.35. The van der Waals surface area contributed by atoms with Gasteiger partial charge >= 0.3 is 0 Å². The quantitative estimate of drug-likeness (QED) is 0.902. The number of piperazine rings is 1. The molecule has 122 valence electrons. The first-order valence-electron chi connectivity index (χ1n) is 8.63. The summed E-state index contributed by atoms with van der Waals surface area (Å²) in [6, 6.07) is 20.3. The van der Waals surface area contributed by atoms with E-state index < -0.39 is 0 Å². The molecule has 2 heteroatoms. The lowest BCUT2D eigenvalue weighted by atomic mass is 9.88. The van der Waals surface area contributed by atoms with E-state index in [1.54, 1.807) is 0 Å². The van der Waals surface area contributed by atoms with Gasteiger partial charge in [-0.2, -0.15) is 0 Å². The molecule has 1 unspecified atom stereocenters. The van der Waals surface area contributed by atoms with Crippen LogP contribution in [0.2, 0.25) is 0 Å². The van der Waals surface area contributed by atoms with Gasteiger partial charge in [0.05, 0.1) is 0 Å². The molecule has 0 amide bonds. The average Bonchev–Trinajstić information content (AvgIpc) is 2.54. The molecule has 23 heavy (non-hydrogen) atoms. The molecule has 1 fully saturated rings. The van der Waals surface area contributed by atoms with Crippen molar-refractivity contribution in [3.8, 4) is 0 Å². The number of rotatable bonds is 3. The fourth-order valence-corrected chi connectivity index (χ4v) is 3.37. The summed E-state index contributed by atoms with van der Waals surface area (Å²) in [4.78, 5) is 2.51. The highest BCUT2D eigenvalue weighted by molar-refractivity contribution is 5.50. The molecule has 2 aromatic carbocycles. The maximum atomic E-state index is 3.65. The van der Waals surface area contributed by atoms with Gasteiger partial charge in [-0.3, -0.25) is 0 Å². The summed E-state index contributed by atoms with van der Waals surface area (Å²) < 4.78 is 0. The molecule has 1 aliphatic rings. The Morgan fingerprint density at radius 3 is 2.57 bits per heavy atom. The van der Waals surface area contributed by atoms with Crippen LogP contribution in [0.4, 0.5) is 5.69 Å². The predicted molar refractivity (Wildman–Crippen MR) is 99.0 cm³/mol. The van der Waals surface area contributed by atoms with Crippen molar-refractivity contribution in [2.45, 2.75) is 33.2 Å². The Kier molecular flexibility index (Phi) is 4.72. The van der Waals surface area contributed by atoms with Gasteiger partial charge in [0.15, 0.2) is 0 Å². The summed E-state index contributed by atoms with van der Waals surface area (Å²) in [5.41, 5.74) is 4.50. The predicted octanol–water partition coefficient (Wildman–Crippen LogP) is 4.43. The van der Waals surface area contributed by atoms with E-state index in [1.807, 2.05) is 0 Å². The number of benzene rings is 2. The van der Waals surface area contributed by atoms with E-state index in [-0.39, 0.29) is 0 Å². The zero-order valence-electron chi connectivity index (χ0n) is 14.5. The van der Waals surface area contributed by atoms with Gasteiger partial charge in [0.25, 0.3) is 0 Å². The highest BCUT2D eigenvalue weighted by atomic mass is 15.2. The second-order valence-corrected chi connectivity index (χ2v) is 7.77. The van der Waals surface area contributed by atoms with Crippen molar-refractivity contribution in [1.82, 2.24) is 5.32 Å². The third-order valence-corrected chi connectivity index (χ3v) is 4.39. The highest BCUT2D eigenvalue weighted by Gasteiger charge is 2.21. The van der Waals surface area contributed by atoms with Crippen LogP contribution < -0.4 is 10.2 Å². The number of hydrogen-bond acceptors (Lipinski definition) is 2. The number of nitrogens with zero attached hydrogens (tertiary/aromatic N) is 1. The zero-order valence-corrected chi connectivity index (χ0v) is 14.5. The van der Waals surface area contributed by atoms with Crippen molar-refractivity contribution in [2.75, 3.05) is 24.5 Å². The van der Waals surface area contributed by atoms with Crippen LogP contribution in [-0.4, -0.2) is 19.6 Å². The highest BCUT2D eigenvalue weighted by Crippen LogP contribution is 2.26. The van der Waals surface area contributed by atoms with Crippen LogP contribution in [0.15, 0.2) is 54.6 Å². The van der Waals surface area contributed by atoms with Crippen LogP contribution in [0.3, 0.4) is 0 Å². The molecule has 0 spiro atoms. The Morgan fingerprint density at radius 2 is 1.83 bits per heavy atom. The Labute approximate surface area is 140 Å². The minimum absolute atomic E-state index is 0.328. The minimum atomic E-state index is 0.328. The maximum Gasteiger partial charge on any atom is 0.0498 e. The summed E-state index contributed by atoms with van der Waals surface area (Å²) in [6.45, 7) is 10.0. The minimum Gasteiger partial charge on any atom is -0.368 e. The van der Waals surface area contributed by atoms with Gasteiger partial charge in [0, 0.05) is 31.4 Å². The van der Waals surface area contributed by atoms with Crippen molar-refractivity contribution in [2.24, 2.45) is 5.41 Å². The SMILES string of the molecule is CC(C)(C)Cc1cccc(N2CCNC(c3ccccc3)C2)c1. The molecule has 0 aromatic heterocycles. The first-order chi connectivity index (χ1) is 11.0. The lowest BCUT2D eigenvalue weighted by molar-refractivity contribution is 0.411. The number of hydrogen-bond donors (Lipinski definition) is 1. The van der Waals surface area contributed by atoms with Crippen molar-refractivity contribution in [3.05, 3.63) is 65.7 Å². The first kappa shape index (κ1) is 16.1. The maximum absolute atomic E-state index is 3.65. The Morgan fingerprint density at radius 1 is 1.04 bits per heavy atom. The second-order valence-electron chi connectivity index (χ2n) is 7.77. The molecule has 0 bridgehead atoms. The summed E-state index contributed by atoms with van der Waals surface area (Å²) in [5, 5.41) is 3.65. The van der Waals surface area contributed by atoms with Gasteiger partial charge in [0.2, 0.25) is 0 Å². The molecule has 2 aromatic rings. The number of anilines is 1. The van der Waals surface area contributed by atoms with E-state index in [0.717, 1.165) is 26.1 Å². The first-order valence-corrected chi connectivity index (χ1v) is 8.63. The van der Waals surface area contributed by atoms with Crippen LogP contribution in [0.1, 0.15) is 37.9 Å². The summed E-state index contributed by atoms with van der Waals surface area (Å²) >= 11 is 0. The molecule has 3 rings (SSSR count). The van der Waals surface area contributed by atoms with Gasteiger partial charge in [-0.1, -0.05) is 63.2 Å². The van der Waals surface area contributed by atoms with Crippen molar-refractivity contribution in [1.29, 1.82) is 0 Å². The van der Waals surface area contributed by atoms with Crippen molar-refractivity contribution in [3.63, 3.8) is 0 Å². The van der Waals surface area contributed by atoms with Crippen molar-refractivity contribution < 1.29 is 0 Å².